The van der Waals surface area contributed by atoms with Gasteiger partial charge in [-0.1, -0.05) is 6.07 Å². The molecule has 0 aromatic heterocycles. The van der Waals surface area contributed by atoms with E-state index in [1.54, 1.807) is 0 Å². The SMILES string of the molecule is O=C(OOC(F)F)c1cccc(O)c1. The number of carbonyl (C=O) groups is 1. The maximum absolute atomic E-state index is 11.4. The highest BCUT2D eigenvalue weighted by Gasteiger charge is 2.12. The van der Waals surface area contributed by atoms with Gasteiger partial charge in [0.25, 0.3) is 0 Å². The van der Waals surface area contributed by atoms with E-state index >= 15 is 0 Å². The lowest BCUT2D eigenvalue weighted by atomic mass is 10.2. The largest absolute Gasteiger partial charge is 0.508 e. The molecule has 0 unspecified atom stereocenters. The zero-order valence-corrected chi connectivity index (χ0v) is 6.81. The second kappa shape index (κ2) is 4.52. The molecule has 1 aromatic rings. The summed E-state index contributed by atoms with van der Waals surface area (Å²) in [5.41, 5.74) is -0.0781. The molecule has 0 aliphatic heterocycles. The maximum atomic E-state index is 11.4. The van der Waals surface area contributed by atoms with Gasteiger partial charge in [0.2, 0.25) is 0 Å². The molecule has 0 radical (unpaired) electrons. The smallest absolute Gasteiger partial charge is 0.381 e. The Bertz CT molecular complexity index is 327. The number of rotatable bonds is 3. The van der Waals surface area contributed by atoms with Gasteiger partial charge in [-0.25, -0.2) is 4.79 Å². The molecule has 0 aliphatic rings. The van der Waals surface area contributed by atoms with E-state index in [-0.39, 0.29) is 11.3 Å². The van der Waals surface area contributed by atoms with Crippen molar-refractivity contribution in [3.8, 4) is 5.75 Å². The molecule has 0 bridgehead atoms. The summed E-state index contributed by atoms with van der Waals surface area (Å²) in [5.74, 6) is -1.27. The van der Waals surface area contributed by atoms with E-state index in [2.05, 4.69) is 9.78 Å². The van der Waals surface area contributed by atoms with Crippen molar-refractivity contribution in [2.24, 2.45) is 0 Å². The third-order valence-corrected chi connectivity index (χ3v) is 1.28. The molecule has 1 rings (SSSR count). The van der Waals surface area contributed by atoms with Gasteiger partial charge in [-0.2, -0.15) is 8.78 Å². The Morgan fingerprint density at radius 1 is 1.43 bits per heavy atom. The first-order valence-electron chi connectivity index (χ1n) is 3.54. The number of phenols is 1. The van der Waals surface area contributed by atoms with Crippen LogP contribution in [0.1, 0.15) is 10.4 Å². The van der Waals surface area contributed by atoms with Crippen molar-refractivity contribution >= 4 is 5.97 Å². The summed E-state index contributed by atoms with van der Waals surface area (Å²) in [7, 11) is 0. The molecule has 0 atom stereocenters. The fourth-order valence-electron chi connectivity index (χ4n) is 0.761. The molecule has 4 nitrogen and oxygen atoms in total. The number of aromatic hydroxyl groups is 1. The number of alkyl halides is 2. The van der Waals surface area contributed by atoms with Crippen molar-refractivity contribution in [2.75, 3.05) is 0 Å². The molecular weight excluding hydrogens is 198 g/mol. The van der Waals surface area contributed by atoms with E-state index in [0.29, 0.717) is 0 Å². The van der Waals surface area contributed by atoms with Crippen LogP contribution >= 0.6 is 0 Å². The Hall–Kier alpha value is -1.69. The number of benzene rings is 1. The standard InChI is InChI=1S/C8H6F2O4/c9-8(10)14-13-7(12)5-2-1-3-6(11)4-5/h1-4,8,11H. The molecule has 1 N–H and O–H groups in total. The first kappa shape index (κ1) is 10.4. The molecule has 0 saturated carbocycles. The molecule has 0 fully saturated rings. The number of carbonyl (C=O) groups excluding carboxylic acids is 1. The first-order valence-corrected chi connectivity index (χ1v) is 3.54. The zero-order chi connectivity index (χ0) is 10.6. The summed E-state index contributed by atoms with van der Waals surface area (Å²) >= 11 is 0. The third-order valence-electron chi connectivity index (χ3n) is 1.28. The lowest BCUT2D eigenvalue weighted by Crippen LogP contribution is -2.08. The normalized spacial score (nSPS) is 10.2. The Kier molecular flexibility index (Phi) is 3.35. The van der Waals surface area contributed by atoms with Gasteiger partial charge < -0.3 is 5.11 Å². The van der Waals surface area contributed by atoms with Crippen molar-refractivity contribution in [1.82, 2.24) is 0 Å². The van der Waals surface area contributed by atoms with Gasteiger partial charge >= 0.3 is 12.6 Å². The fraction of sp³-hybridized carbons (Fsp3) is 0.125. The summed E-state index contributed by atoms with van der Waals surface area (Å²) in [5, 5.41) is 8.94. The first-order chi connectivity index (χ1) is 6.59. The summed E-state index contributed by atoms with van der Waals surface area (Å²) in [6.45, 7) is -3.18. The van der Waals surface area contributed by atoms with Crippen LogP contribution in [0.2, 0.25) is 0 Å². The Balaban J connectivity index is 2.61. The minimum Gasteiger partial charge on any atom is -0.508 e. The van der Waals surface area contributed by atoms with Gasteiger partial charge in [-0.05, 0) is 18.2 Å². The number of hydrogen-bond acceptors (Lipinski definition) is 4. The third kappa shape index (κ3) is 2.98. The van der Waals surface area contributed by atoms with Gasteiger partial charge in [0.15, 0.2) is 0 Å². The number of hydrogen-bond donors (Lipinski definition) is 1. The van der Waals surface area contributed by atoms with Crippen LogP contribution in [0.4, 0.5) is 8.78 Å². The van der Waals surface area contributed by atoms with Gasteiger partial charge in [0, 0.05) is 0 Å². The molecule has 0 saturated heterocycles. The van der Waals surface area contributed by atoms with Crippen LogP contribution in [0.5, 0.6) is 5.75 Å². The summed E-state index contributed by atoms with van der Waals surface area (Å²) in [4.78, 5) is 18.0. The number of phenolic OH excluding ortho intramolecular Hbond substituents is 1. The van der Waals surface area contributed by atoms with Crippen molar-refractivity contribution in [3.63, 3.8) is 0 Å². The Labute approximate surface area is 77.6 Å². The minimum atomic E-state index is -3.18. The van der Waals surface area contributed by atoms with Gasteiger partial charge in [0.05, 0.1) is 5.56 Å². The molecule has 0 heterocycles. The highest BCUT2D eigenvalue weighted by atomic mass is 19.3. The second-order valence-corrected chi connectivity index (χ2v) is 2.28. The van der Waals surface area contributed by atoms with E-state index in [1.165, 1.54) is 18.2 Å². The molecular formula is C8H6F2O4. The van der Waals surface area contributed by atoms with Crippen LogP contribution in [0.3, 0.4) is 0 Å². The molecule has 0 aliphatic carbocycles. The van der Waals surface area contributed by atoms with Gasteiger partial charge in [-0.3, -0.25) is 4.89 Å². The van der Waals surface area contributed by atoms with Crippen LogP contribution in [-0.4, -0.2) is 17.7 Å². The van der Waals surface area contributed by atoms with Crippen LogP contribution in [0, 0.1) is 0 Å². The van der Waals surface area contributed by atoms with E-state index in [9.17, 15) is 13.6 Å². The lowest BCUT2D eigenvalue weighted by molar-refractivity contribution is -0.343. The van der Waals surface area contributed by atoms with Crippen LogP contribution in [0.15, 0.2) is 24.3 Å². The van der Waals surface area contributed by atoms with Crippen molar-refractivity contribution in [3.05, 3.63) is 29.8 Å². The summed E-state index contributed by atoms with van der Waals surface area (Å²) in [6, 6.07) is 5.05. The predicted molar refractivity (Wildman–Crippen MR) is 40.6 cm³/mol. The topological polar surface area (TPSA) is 55.8 Å². The highest BCUT2D eigenvalue weighted by Crippen LogP contribution is 2.12. The van der Waals surface area contributed by atoms with Crippen molar-refractivity contribution in [2.45, 2.75) is 6.61 Å². The van der Waals surface area contributed by atoms with Crippen LogP contribution in [0.25, 0.3) is 0 Å². The molecule has 6 heteroatoms. The molecule has 14 heavy (non-hydrogen) atoms. The van der Waals surface area contributed by atoms with E-state index in [1.807, 2.05) is 0 Å². The zero-order valence-electron chi connectivity index (χ0n) is 6.81. The van der Waals surface area contributed by atoms with Gasteiger partial charge in [0.1, 0.15) is 5.75 Å². The van der Waals surface area contributed by atoms with Crippen LogP contribution in [-0.2, 0) is 9.78 Å². The minimum absolute atomic E-state index is 0.0781. The fourth-order valence-corrected chi connectivity index (χ4v) is 0.761. The van der Waals surface area contributed by atoms with Crippen molar-refractivity contribution < 1.29 is 28.5 Å². The van der Waals surface area contributed by atoms with E-state index in [0.717, 1.165) is 6.07 Å². The summed E-state index contributed by atoms with van der Waals surface area (Å²) in [6.07, 6.45) is 0. The maximum Gasteiger partial charge on any atom is 0.381 e. The molecule has 1 aromatic carbocycles. The van der Waals surface area contributed by atoms with E-state index < -0.39 is 12.6 Å². The highest BCUT2D eigenvalue weighted by molar-refractivity contribution is 5.89. The summed E-state index contributed by atoms with van der Waals surface area (Å²) < 4.78 is 22.9. The Morgan fingerprint density at radius 3 is 2.71 bits per heavy atom. The van der Waals surface area contributed by atoms with Crippen molar-refractivity contribution in [1.29, 1.82) is 0 Å². The van der Waals surface area contributed by atoms with Gasteiger partial charge in [-0.15, -0.1) is 4.89 Å². The monoisotopic (exact) mass is 204 g/mol. The average molecular weight is 204 g/mol. The molecule has 0 spiro atoms. The molecule has 0 amide bonds. The van der Waals surface area contributed by atoms with Crippen LogP contribution < -0.4 is 0 Å². The second-order valence-electron chi connectivity index (χ2n) is 2.28. The quantitative estimate of drug-likeness (QED) is 0.601. The lowest BCUT2D eigenvalue weighted by Gasteiger charge is -2.01. The Morgan fingerprint density at radius 2 is 2.14 bits per heavy atom. The number of halogens is 2. The average Bonchev–Trinajstić information content (AvgIpc) is 2.14. The molecule has 76 valence electrons. The van der Waals surface area contributed by atoms with E-state index in [4.69, 9.17) is 5.11 Å². The predicted octanol–water partition coefficient (Wildman–Crippen LogP) is 1.70.